The highest BCUT2D eigenvalue weighted by Gasteiger charge is 2.16. The average Bonchev–Trinajstić information content (AvgIpc) is 2.54. The summed E-state index contributed by atoms with van der Waals surface area (Å²) >= 11 is 1.58. The SMILES string of the molecule is CSc1nc(CCN)c2c(n1)CCOCC2. The lowest BCUT2D eigenvalue weighted by Crippen LogP contribution is -2.12. The molecular weight excluding hydrogens is 222 g/mol. The van der Waals surface area contributed by atoms with Crippen molar-refractivity contribution >= 4 is 11.8 Å². The van der Waals surface area contributed by atoms with Crippen LogP contribution in [0.25, 0.3) is 0 Å². The summed E-state index contributed by atoms with van der Waals surface area (Å²) in [6, 6.07) is 0. The molecule has 0 saturated carbocycles. The highest BCUT2D eigenvalue weighted by Crippen LogP contribution is 2.20. The zero-order valence-corrected chi connectivity index (χ0v) is 10.3. The summed E-state index contributed by atoms with van der Waals surface area (Å²) in [5.74, 6) is 0. The van der Waals surface area contributed by atoms with Gasteiger partial charge in [0.1, 0.15) is 0 Å². The first kappa shape index (κ1) is 11.8. The minimum absolute atomic E-state index is 0.637. The van der Waals surface area contributed by atoms with E-state index in [1.165, 1.54) is 5.56 Å². The maximum absolute atomic E-state index is 5.63. The highest BCUT2D eigenvalue weighted by atomic mass is 32.2. The average molecular weight is 239 g/mol. The van der Waals surface area contributed by atoms with Crippen LogP contribution in [0.2, 0.25) is 0 Å². The van der Waals surface area contributed by atoms with Gasteiger partial charge in [-0.3, -0.25) is 0 Å². The summed E-state index contributed by atoms with van der Waals surface area (Å²) in [6.45, 7) is 2.17. The number of nitrogens with zero attached hydrogens (tertiary/aromatic N) is 2. The fourth-order valence-corrected chi connectivity index (χ4v) is 2.34. The first-order valence-electron chi connectivity index (χ1n) is 5.55. The number of rotatable bonds is 3. The van der Waals surface area contributed by atoms with Crippen LogP contribution in [0.5, 0.6) is 0 Å². The Morgan fingerprint density at radius 2 is 2.12 bits per heavy atom. The minimum atomic E-state index is 0.637. The van der Waals surface area contributed by atoms with Crippen LogP contribution in [0.4, 0.5) is 0 Å². The molecule has 1 aromatic heterocycles. The molecule has 16 heavy (non-hydrogen) atoms. The molecule has 1 aliphatic heterocycles. The maximum Gasteiger partial charge on any atom is 0.187 e. The van der Waals surface area contributed by atoms with E-state index < -0.39 is 0 Å². The van der Waals surface area contributed by atoms with Crippen molar-refractivity contribution in [3.8, 4) is 0 Å². The molecule has 0 aromatic carbocycles. The second-order valence-corrected chi connectivity index (χ2v) is 4.51. The maximum atomic E-state index is 5.63. The Bertz CT molecular complexity index is 370. The van der Waals surface area contributed by atoms with Crippen molar-refractivity contribution in [1.82, 2.24) is 9.97 Å². The minimum Gasteiger partial charge on any atom is -0.381 e. The number of ether oxygens (including phenoxy) is 1. The first-order chi connectivity index (χ1) is 7.85. The van der Waals surface area contributed by atoms with Crippen LogP contribution in [0.15, 0.2) is 5.16 Å². The van der Waals surface area contributed by atoms with Gasteiger partial charge in [0, 0.05) is 18.5 Å². The molecule has 88 valence electrons. The third-order valence-corrected chi connectivity index (χ3v) is 3.25. The molecule has 0 radical (unpaired) electrons. The molecular formula is C11H17N3OS. The van der Waals surface area contributed by atoms with Crippen LogP contribution in [0.1, 0.15) is 17.0 Å². The Hall–Kier alpha value is -0.650. The van der Waals surface area contributed by atoms with E-state index in [-0.39, 0.29) is 0 Å². The summed E-state index contributed by atoms with van der Waals surface area (Å²) in [4.78, 5) is 9.12. The van der Waals surface area contributed by atoms with E-state index in [0.717, 1.165) is 49.0 Å². The van der Waals surface area contributed by atoms with E-state index in [2.05, 4.69) is 9.97 Å². The Morgan fingerprint density at radius 1 is 1.31 bits per heavy atom. The van der Waals surface area contributed by atoms with Gasteiger partial charge in [0.25, 0.3) is 0 Å². The lowest BCUT2D eigenvalue weighted by molar-refractivity contribution is 0.146. The van der Waals surface area contributed by atoms with Crippen molar-refractivity contribution in [2.24, 2.45) is 5.73 Å². The number of aromatic nitrogens is 2. The molecule has 2 N–H and O–H groups in total. The molecule has 5 heteroatoms. The third-order valence-electron chi connectivity index (χ3n) is 2.70. The van der Waals surface area contributed by atoms with Crippen LogP contribution < -0.4 is 5.73 Å². The zero-order valence-electron chi connectivity index (χ0n) is 9.53. The van der Waals surface area contributed by atoms with Gasteiger partial charge >= 0.3 is 0 Å². The molecule has 0 amide bonds. The predicted molar refractivity (Wildman–Crippen MR) is 64.8 cm³/mol. The summed E-state index contributed by atoms with van der Waals surface area (Å²) in [7, 11) is 0. The van der Waals surface area contributed by atoms with Crippen molar-refractivity contribution in [3.63, 3.8) is 0 Å². The fourth-order valence-electron chi connectivity index (χ4n) is 1.93. The van der Waals surface area contributed by atoms with E-state index in [1.807, 2.05) is 6.26 Å². The lowest BCUT2D eigenvalue weighted by Gasteiger charge is -2.11. The molecule has 0 spiro atoms. The van der Waals surface area contributed by atoms with Gasteiger partial charge < -0.3 is 10.5 Å². The summed E-state index contributed by atoms with van der Waals surface area (Å²) in [6.07, 6.45) is 4.64. The molecule has 1 aliphatic rings. The first-order valence-corrected chi connectivity index (χ1v) is 6.78. The van der Waals surface area contributed by atoms with Crippen molar-refractivity contribution in [3.05, 3.63) is 17.0 Å². The largest absolute Gasteiger partial charge is 0.381 e. The summed E-state index contributed by atoms with van der Waals surface area (Å²) in [5, 5.41) is 0.851. The molecule has 0 saturated heterocycles. The molecule has 4 nitrogen and oxygen atoms in total. The number of fused-ring (bicyclic) bond motifs is 1. The van der Waals surface area contributed by atoms with E-state index in [9.17, 15) is 0 Å². The van der Waals surface area contributed by atoms with Crippen molar-refractivity contribution in [1.29, 1.82) is 0 Å². The smallest absolute Gasteiger partial charge is 0.187 e. The number of thioether (sulfide) groups is 1. The molecule has 0 bridgehead atoms. The van der Waals surface area contributed by atoms with Crippen LogP contribution in [0.3, 0.4) is 0 Å². The van der Waals surface area contributed by atoms with Gasteiger partial charge in [-0.05, 0) is 24.8 Å². The van der Waals surface area contributed by atoms with E-state index >= 15 is 0 Å². The van der Waals surface area contributed by atoms with Crippen LogP contribution in [-0.4, -0.2) is 36.0 Å². The van der Waals surface area contributed by atoms with Gasteiger partial charge in [0.15, 0.2) is 5.16 Å². The monoisotopic (exact) mass is 239 g/mol. The molecule has 0 atom stereocenters. The van der Waals surface area contributed by atoms with Crippen molar-refractivity contribution < 1.29 is 4.74 Å². The van der Waals surface area contributed by atoms with Gasteiger partial charge in [-0.25, -0.2) is 9.97 Å². The number of nitrogens with two attached hydrogens (primary N) is 1. The number of hydrogen-bond donors (Lipinski definition) is 1. The Morgan fingerprint density at radius 3 is 2.88 bits per heavy atom. The Labute approximate surface area is 100.0 Å². The van der Waals surface area contributed by atoms with Gasteiger partial charge in [-0.15, -0.1) is 0 Å². The van der Waals surface area contributed by atoms with Gasteiger partial charge in [-0.1, -0.05) is 11.8 Å². The molecule has 2 heterocycles. The van der Waals surface area contributed by atoms with Crippen molar-refractivity contribution in [2.75, 3.05) is 26.0 Å². The van der Waals surface area contributed by atoms with Crippen LogP contribution >= 0.6 is 11.8 Å². The number of hydrogen-bond acceptors (Lipinski definition) is 5. The fraction of sp³-hybridized carbons (Fsp3) is 0.636. The Kier molecular flexibility index (Phi) is 4.15. The lowest BCUT2D eigenvalue weighted by atomic mass is 10.1. The van der Waals surface area contributed by atoms with Gasteiger partial charge in [0.05, 0.1) is 18.9 Å². The second kappa shape index (κ2) is 5.61. The standard InChI is InChI=1S/C11H17N3OS/c1-16-11-13-9(2-5-12)8-3-6-15-7-4-10(8)14-11/h2-7,12H2,1H3. The quantitative estimate of drug-likeness (QED) is 0.625. The van der Waals surface area contributed by atoms with Crippen LogP contribution in [-0.2, 0) is 24.0 Å². The van der Waals surface area contributed by atoms with E-state index in [1.54, 1.807) is 11.8 Å². The summed E-state index contributed by atoms with van der Waals surface area (Å²) in [5.41, 5.74) is 9.16. The zero-order chi connectivity index (χ0) is 11.4. The molecule has 0 unspecified atom stereocenters. The molecule has 1 aromatic rings. The van der Waals surface area contributed by atoms with Crippen molar-refractivity contribution in [2.45, 2.75) is 24.4 Å². The third kappa shape index (κ3) is 2.53. The highest BCUT2D eigenvalue weighted by molar-refractivity contribution is 7.98. The van der Waals surface area contributed by atoms with Gasteiger partial charge in [0.2, 0.25) is 0 Å². The molecule has 2 rings (SSSR count). The van der Waals surface area contributed by atoms with Gasteiger partial charge in [-0.2, -0.15) is 0 Å². The predicted octanol–water partition coefficient (Wildman–Crippen LogP) is 0.815. The van der Waals surface area contributed by atoms with E-state index in [0.29, 0.717) is 6.54 Å². The summed E-state index contributed by atoms with van der Waals surface area (Å²) < 4.78 is 5.48. The van der Waals surface area contributed by atoms with Crippen LogP contribution in [0, 0.1) is 0 Å². The second-order valence-electron chi connectivity index (χ2n) is 3.73. The normalized spacial score (nSPS) is 15.6. The van der Waals surface area contributed by atoms with E-state index in [4.69, 9.17) is 10.5 Å². The Balaban J connectivity index is 2.40. The molecule has 0 fully saturated rings. The molecule has 0 aliphatic carbocycles. The topological polar surface area (TPSA) is 61.0 Å².